The van der Waals surface area contributed by atoms with E-state index in [1.54, 1.807) is 0 Å². The molecule has 0 fully saturated rings. The number of cyclic esters (lactones) is 1. The molecular formula is C13H14O2. The third kappa shape index (κ3) is 1.94. The molecule has 0 bridgehead atoms. The molecule has 1 heterocycles. The molecule has 0 amide bonds. The number of allylic oxidation sites excluding steroid dienone is 1. The lowest BCUT2D eigenvalue weighted by molar-refractivity contribution is 0.0369. The first-order valence-electron chi connectivity index (χ1n) is 5.13. The third-order valence-corrected chi connectivity index (χ3v) is 2.61. The predicted molar refractivity (Wildman–Crippen MR) is 58.6 cm³/mol. The molecule has 1 unspecified atom stereocenters. The van der Waals surface area contributed by atoms with Gasteiger partial charge in [0.05, 0.1) is 5.56 Å². The van der Waals surface area contributed by atoms with E-state index in [4.69, 9.17) is 4.74 Å². The number of benzene rings is 1. The largest absolute Gasteiger partial charge is 0.454 e. The molecule has 0 radical (unpaired) electrons. The van der Waals surface area contributed by atoms with Crippen LogP contribution in [0.4, 0.5) is 0 Å². The van der Waals surface area contributed by atoms with Gasteiger partial charge in [-0.05, 0) is 25.8 Å². The highest BCUT2D eigenvalue weighted by molar-refractivity contribution is 5.93. The molecule has 1 aromatic carbocycles. The Morgan fingerprint density at radius 2 is 2.20 bits per heavy atom. The van der Waals surface area contributed by atoms with Crippen LogP contribution in [-0.2, 0) is 4.74 Å². The summed E-state index contributed by atoms with van der Waals surface area (Å²) in [7, 11) is 0. The van der Waals surface area contributed by atoms with E-state index in [9.17, 15) is 4.79 Å². The zero-order chi connectivity index (χ0) is 10.8. The fourth-order valence-electron chi connectivity index (χ4n) is 1.81. The van der Waals surface area contributed by atoms with Crippen molar-refractivity contribution >= 4 is 5.97 Å². The van der Waals surface area contributed by atoms with Gasteiger partial charge in [0.1, 0.15) is 6.10 Å². The number of rotatable bonds is 3. The SMILES string of the molecule is C=C(C)CCC1OC(=O)c2ccccc21. The van der Waals surface area contributed by atoms with Gasteiger partial charge in [-0.3, -0.25) is 0 Å². The smallest absolute Gasteiger partial charge is 0.339 e. The summed E-state index contributed by atoms with van der Waals surface area (Å²) in [5.74, 6) is -0.197. The van der Waals surface area contributed by atoms with Crippen LogP contribution in [0, 0.1) is 0 Å². The molecule has 2 rings (SSSR count). The Kier molecular flexibility index (Phi) is 2.58. The Bertz CT molecular complexity index is 407. The maximum atomic E-state index is 11.5. The first kappa shape index (κ1) is 9.97. The number of hydrogen-bond acceptors (Lipinski definition) is 2. The van der Waals surface area contributed by atoms with Crippen LogP contribution in [0.5, 0.6) is 0 Å². The van der Waals surface area contributed by atoms with Crippen molar-refractivity contribution in [3.63, 3.8) is 0 Å². The minimum Gasteiger partial charge on any atom is -0.454 e. The summed E-state index contributed by atoms with van der Waals surface area (Å²) in [5, 5.41) is 0. The molecule has 1 aromatic rings. The van der Waals surface area contributed by atoms with Crippen LogP contribution in [0.3, 0.4) is 0 Å². The first-order valence-corrected chi connectivity index (χ1v) is 5.13. The van der Waals surface area contributed by atoms with Crippen LogP contribution in [0.1, 0.15) is 41.8 Å². The number of esters is 1. The van der Waals surface area contributed by atoms with E-state index in [1.807, 2.05) is 31.2 Å². The van der Waals surface area contributed by atoms with E-state index >= 15 is 0 Å². The fourth-order valence-corrected chi connectivity index (χ4v) is 1.81. The summed E-state index contributed by atoms with van der Waals surface area (Å²) < 4.78 is 5.30. The minimum absolute atomic E-state index is 0.0783. The fraction of sp³-hybridized carbons (Fsp3) is 0.308. The van der Waals surface area contributed by atoms with E-state index in [2.05, 4.69) is 6.58 Å². The van der Waals surface area contributed by atoms with Crippen molar-refractivity contribution in [2.45, 2.75) is 25.9 Å². The van der Waals surface area contributed by atoms with E-state index in [-0.39, 0.29) is 12.1 Å². The Hall–Kier alpha value is -1.57. The lowest BCUT2D eigenvalue weighted by atomic mass is 10.0. The second-order valence-corrected chi connectivity index (χ2v) is 3.98. The molecule has 1 atom stereocenters. The van der Waals surface area contributed by atoms with Crippen molar-refractivity contribution in [1.29, 1.82) is 0 Å². The molecule has 2 nitrogen and oxygen atoms in total. The average molecular weight is 202 g/mol. The Morgan fingerprint density at radius 3 is 2.93 bits per heavy atom. The molecule has 78 valence electrons. The van der Waals surface area contributed by atoms with E-state index in [0.717, 1.165) is 24.0 Å². The maximum absolute atomic E-state index is 11.5. The van der Waals surface area contributed by atoms with Crippen molar-refractivity contribution in [2.24, 2.45) is 0 Å². The second-order valence-electron chi connectivity index (χ2n) is 3.98. The van der Waals surface area contributed by atoms with Gasteiger partial charge in [-0.2, -0.15) is 0 Å². The summed E-state index contributed by atoms with van der Waals surface area (Å²) in [5.41, 5.74) is 2.85. The summed E-state index contributed by atoms with van der Waals surface area (Å²) in [4.78, 5) is 11.5. The van der Waals surface area contributed by atoms with Gasteiger partial charge in [0.25, 0.3) is 0 Å². The Morgan fingerprint density at radius 1 is 1.47 bits per heavy atom. The van der Waals surface area contributed by atoms with Crippen LogP contribution in [0.2, 0.25) is 0 Å². The molecule has 2 heteroatoms. The Labute approximate surface area is 89.6 Å². The van der Waals surface area contributed by atoms with Gasteiger partial charge in [0.2, 0.25) is 0 Å². The van der Waals surface area contributed by atoms with Crippen molar-refractivity contribution in [1.82, 2.24) is 0 Å². The topological polar surface area (TPSA) is 26.3 Å². The van der Waals surface area contributed by atoms with Crippen LogP contribution < -0.4 is 0 Å². The monoisotopic (exact) mass is 202 g/mol. The van der Waals surface area contributed by atoms with Gasteiger partial charge in [-0.25, -0.2) is 4.79 Å². The lowest BCUT2D eigenvalue weighted by Gasteiger charge is -2.09. The Balaban J connectivity index is 2.17. The van der Waals surface area contributed by atoms with Crippen molar-refractivity contribution in [3.8, 4) is 0 Å². The normalized spacial score (nSPS) is 18.5. The van der Waals surface area contributed by atoms with Gasteiger partial charge in [0, 0.05) is 5.56 Å². The van der Waals surface area contributed by atoms with Crippen LogP contribution in [0.15, 0.2) is 36.4 Å². The van der Waals surface area contributed by atoms with Gasteiger partial charge in [-0.15, -0.1) is 6.58 Å². The zero-order valence-electron chi connectivity index (χ0n) is 8.82. The molecule has 0 spiro atoms. The molecule has 1 aliphatic heterocycles. The molecule has 0 aromatic heterocycles. The minimum atomic E-state index is -0.197. The first-order chi connectivity index (χ1) is 7.18. The summed E-state index contributed by atoms with van der Waals surface area (Å²) in [6, 6.07) is 7.58. The molecule has 15 heavy (non-hydrogen) atoms. The van der Waals surface area contributed by atoms with Crippen LogP contribution >= 0.6 is 0 Å². The zero-order valence-corrected chi connectivity index (χ0v) is 8.82. The maximum Gasteiger partial charge on any atom is 0.339 e. The molecule has 0 aliphatic carbocycles. The third-order valence-electron chi connectivity index (χ3n) is 2.61. The average Bonchev–Trinajstić information content (AvgIpc) is 2.54. The van der Waals surface area contributed by atoms with Gasteiger partial charge in [-0.1, -0.05) is 23.8 Å². The standard InChI is InChI=1S/C13H14O2/c1-9(2)7-8-12-10-5-3-4-6-11(10)13(14)15-12/h3-6,12H,1,7-8H2,2H3. The molecule has 1 aliphatic rings. The summed E-state index contributed by atoms with van der Waals surface area (Å²) >= 11 is 0. The highest BCUT2D eigenvalue weighted by Crippen LogP contribution is 2.34. The number of fused-ring (bicyclic) bond motifs is 1. The number of ether oxygens (including phenoxy) is 1. The van der Waals surface area contributed by atoms with Gasteiger partial charge < -0.3 is 4.74 Å². The van der Waals surface area contributed by atoms with Crippen LogP contribution in [-0.4, -0.2) is 5.97 Å². The highest BCUT2D eigenvalue weighted by atomic mass is 16.5. The lowest BCUT2D eigenvalue weighted by Crippen LogP contribution is -1.98. The number of carbonyl (C=O) groups is 1. The van der Waals surface area contributed by atoms with E-state index in [1.165, 1.54) is 0 Å². The van der Waals surface area contributed by atoms with E-state index < -0.39 is 0 Å². The predicted octanol–water partition coefficient (Wildman–Crippen LogP) is 3.25. The highest BCUT2D eigenvalue weighted by Gasteiger charge is 2.29. The van der Waals surface area contributed by atoms with Crippen LogP contribution in [0.25, 0.3) is 0 Å². The summed E-state index contributed by atoms with van der Waals surface area (Å²) in [6.45, 7) is 5.84. The molecule has 0 saturated carbocycles. The molecule has 0 saturated heterocycles. The number of hydrogen-bond donors (Lipinski definition) is 0. The molecule has 0 N–H and O–H groups in total. The van der Waals surface area contributed by atoms with Gasteiger partial charge in [0.15, 0.2) is 0 Å². The molecular weight excluding hydrogens is 188 g/mol. The summed E-state index contributed by atoms with van der Waals surface area (Å²) in [6.07, 6.45) is 1.65. The van der Waals surface area contributed by atoms with Crippen molar-refractivity contribution < 1.29 is 9.53 Å². The number of carbonyl (C=O) groups excluding carboxylic acids is 1. The van der Waals surface area contributed by atoms with Crippen molar-refractivity contribution in [2.75, 3.05) is 0 Å². The van der Waals surface area contributed by atoms with E-state index in [0.29, 0.717) is 5.56 Å². The van der Waals surface area contributed by atoms with Gasteiger partial charge >= 0.3 is 5.97 Å². The quantitative estimate of drug-likeness (QED) is 0.555. The second kappa shape index (κ2) is 3.89. The van der Waals surface area contributed by atoms with Crippen molar-refractivity contribution in [3.05, 3.63) is 47.5 Å².